The van der Waals surface area contributed by atoms with E-state index in [2.05, 4.69) is 249 Å². The molecule has 63 heavy (non-hydrogen) atoms. The van der Waals surface area contributed by atoms with Crippen LogP contribution in [0.2, 0.25) is 0 Å². The topological polar surface area (TPSA) is 8.17 Å². The minimum atomic E-state index is 0.123. The van der Waals surface area contributed by atoms with Crippen molar-refractivity contribution >= 4 is 38.9 Å². The molecule has 0 saturated heterocycles. The van der Waals surface area contributed by atoms with Gasteiger partial charge in [-0.15, -0.1) is 0 Å². The molecule has 11 rings (SSSR count). The summed E-state index contributed by atoms with van der Waals surface area (Å²) in [6.45, 7) is 7.25. The molecule has 0 fully saturated rings. The molecule has 1 atom stereocenters. The SMILES string of the molecule is CC1CCC(C)(C)c2c(-c3cccc(-n4c5ccccc5c5ccc(-c6cccc(N(c7ccc(-c8ccccc8)cc7)c7ccc(-c8ccccc8)cc7)c6)cc54)c3)cccc21. The first-order valence-corrected chi connectivity index (χ1v) is 22.4. The third kappa shape index (κ3) is 7.02. The summed E-state index contributed by atoms with van der Waals surface area (Å²) < 4.78 is 2.47. The van der Waals surface area contributed by atoms with Crippen LogP contribution in [-0.2, 0) is 5.41 Å². The number of hydrogen-bond acceptors (Lipinski definition) is 1. The Bertz CT molecular complexity index is 3160. The van der Waals surface area contributed by atoms with Gasteiger partial charge in [-0.1, -0.05) is 178 Å². The van der Waals surface area contributed by atoms with Gasteiger partial charge in [-0.3, -0.25) is 0 Å². The fourth-order valence-corrected chi connectivity index (χ4v) is 10.2. The molecule has 1 aliphatic carbocycles. The Morgan fingerprint density at radius 1 is 0.429 bits per heavy atom. The normalized spacial score (nSPS) is 14.4. The Balaban J connectivity index is 1.02. The average molecular weight is 811 g/mol. The van der Waals surface area contributed by atoms with Gasteiger partial charge >= 0.3 is 0 Å². The van der Waals surface area contributed by atoms with E-state index >= 15 is 0 Å². The highest BCUT2D eigenvalue weighted by Gasteiger charge is 2.33. The summed E-state index contributed by atoms with van der Waals surface area (Å²) in [6, 6.07) is 80.2. The van der Waals surface area contributed by atoms with E-state index in [1.54, 1.807) is 0 Å². The maximum Gasteiger partial charge on any atom is 0.0547 e. The predicted molar refractivity (Wildman–Crippen MR) is 268 cm³/mol. The largest absolute Gasteiger partial charge is 0.310 e. The molecule has 0 radical (unpaired) electrons. The molecule has 2 nitrogen and oxygen atoms in total. The monoisotopic (exact) mass is 810 g/mol. The number of fused-ring (bicyclic) bond motifs is 4. The van der Waals surface area contributed by atoms with Crippen LogP contribution in [0, 0.1) is 0 Å². The molecule has 0 N–H and O–H groups in total. The van der Waals surface area contributed by atoms with Crippen molar-refractivity contribution in [2.24, 2.45) is 0 Å². The second kappa shape index (κ2) is 15.8. The van der Waals surface area contributed by atoms with E-state index in [4.69, 9.17) is 0 Å². The van der Waals surface area contributed by atoms with Crippen molar-refractivity contribution in [3.05, 3.63) is 230 Å². The maximum atomic E-state index is 2.47. The van der Waals surface area contributed by atoms with Crippen molar-refractivity contribution in [3.63, 3.8) is 0 Å². The van der Waals surface area contributed by atoms with E-state index in [-0.39, 0.29) is 5.41 Å². The van der Waals surface area contributed by atoms with Crippen LogP contribution in [0.3, 0.4) is 0 Å². The number of benzene rings is 9. The minimum absolute atomic E-state index is 0.123. The van der Waals surface area contributed by atoms with E-state index in [9.17, 15) is 0 Å². The van der Waals surface area contributed by atoms with E-state index in [1.807, 2.05) is 0 Å². The molecule has 1 heterocycles. The Kier molecular flexibility index (Phi) is 9.66. The lowest BCUT2D eigenvalue weighted by atomic mass is 9.67. The van der Waals surface area contributed by atoms with Gasteiger partial charge in [0.25, 0.3) is 0 Å². The lowest BCUT2D eigenvalue weighted by molar-refractivity contribution is 0.403. The Morgan fingerprint density at radius 2 is 0.968 bits per heavy atom. The minimum Gasteiger partial charge on any atom is -0.310 e. The molecule has 1 aromatic heterocycles. The molecule has 0 spiro atoms. The molecule has 2 heteroatoms. The number of para-hydroxylation sites is 1. The lowest BCUT2D eigenvalue weighted by Crippen LogP contribution is -2.26. The summed E-state index contributed by atoms with van der Waals surface area (Å²) in [5.74, 6) is 0.567. The molecule has 304 valence electrons. The summed E-state index contributed by atoms with van der Waals surface area (Å²) in [4.78, 5) is 2.37. The van der Waals surface area contributed by atoms with Gasteiger partial charge in [0.2, 0.25) is 0 Å². The zero-order chi connectivity index (χ0) is 42.5. The van der Waals surface area contributed by atoms with Crippen molar-refractivity contribution in [3.8, 4) is 50.2 Å². The van der Waals surface area contributed by atoms with E-state index in [0.717, 1.165) is 17.1 Å². The summed E-state index contributed by atoms with van der Waals surface area (Å²) in [5, 5.41) is 2.51. The van der Waals surface area contributed by atoms with E-state index in [0.29, 0.717) is 5.92 Å². The van der Waals surface area contributed by atoms with Crippen LogP contribution in [0.4, 0.5) is 17.1 Å². The molecule has 0 saturated carbocycles. The molecule has 10 aromatic rings. The molecule has 9 aromatic carbocycles. The molecular weight excluding hydrogens is 761 g/mol. The summed E-state index contributed by atoms with van der Waals surface area (Å²) in [6.07, 6.45) is 2.44. The van der Waals surface area contributed by atoms with Crippen molar-refractivity contribution in [1.29, 1.82) is 0 Å². The van der Waals surface area contributed by atoms with Gasteiger partial charge in [0.15, 0.2) is 0 Å². The van der Waals surface area contributed by atoms with Crippen LogP contribution in [0.5, 0.6) is 0 Å². The number of anilines is 3. The Labute approximate surface area is 371 Å². The second-order valence-electron chi connectivity index (χ2n) is 17.9. The van der Waals surface area contributed by atoms with Gasteiger partial charge in [0, 0.05) is 33.5 Å². The second-order valence-corrected chi connectivity index (χ2v) is 17.9. The van der Waals surface area contributed by atoms with Crippen LogP contribution in [-0.4, -0.2) is 4.57 Å². The van der Waals surface area contributed by atoms with Crippen molar-refractivity contribution < 1.29 is 0 Å². The molecule has 0 aliphatic heterocycles. The van der Waals surface area contributed by atoms with Gasteiger partial charge in [0.1, 0.15) is 0 Å². The highest BCUT2D eigenvalue weighted by Crippen LogP contribution is 2.47. The number of aromatic nitrogens is 1. The lowest BCUT2D eigenvalue weighted by Gasteiger charge is -2.38. The zero-order valence-electron chi connectivity index (χ0n) is 36.2. The number of hydrogen-bond donors (Lipinski definition) is 0. The van der Waals surface area contributed by atoms with Crippen LogP contribution in [0.1, 0.15) is 50.7 Å². The maximum absolute atomic E-state index is 2.47. The van der Waals surface area contributed by atoms with Crippen molar-refractivity contribution in [2.75, 3.05) is 4.90 Å². The summed E-state index contributed by atoms with van der Waals surface area (Å²) in [7, 11) is 0. The number of nitrogens with zero attached hydrogens (tertiary/aromatic N) is 2. The Morgan fingerprint density at radius 3 is 1.67 bits per heavy atom. The molecular formula is C61H50N2. The predicted octanol–water partition coefficient (Wildman–Crippen LogP) is 17.1. The molecule has 1 aliphatic rings. The first kappa shape index (κ1) is 38.5. The summed E-state index contributed by atoms with van der Waals surface area (Å²) in [5.41, 5.74) is 19.8. The van der Waals surface area contributed by atoms with Crippen LogP contribution in [0.25, 0.3) is 72.0 Å². The highest BCUT2D eigenvalue weighted by atomic mass is 15.1. The fraction of sp³-hybridized carbons (Fsp3) is 0.115. The third-order valence-electron chi connectivity index (χ3n) is 13.5. The Hall–Kier alpha value is -7.42. The van der Waals surface area contributed by atoms with Gasteiger partial charge < -0.3 is 9.47 Å². The number of rotatable bonds is 8. The first-order valence-electron chi connectivity index (χ1n) is 22.4. The van der Waals surface area contributed by atoms with Crippen LogP contribution < -0.4 is 4.90 Å². The summed E-state index contributed by atoms with van der Waals surface area (Å²) >= 11 is 0. The highest BCUT2D eigenvalue weighted by molar-refractivity contribution is 6.10. The van der Waals surface area contributed by atoms with Gasteiger partial charge in [-0.2, -0.15) is 0 Å². The quantitative estimate of drug-likeness (QED) is 0.148. The fourth-order valence-electron chi connectivity index (χ4n) is 10.2. The van der Waals surface area contributed by atoms with E-state index < -0.39 is 0 Å². The average Bonchev–Trinajstić information content (AvgIpc) is 3.68. The first-order chi connectivity index (χ1) is 30.9. The zero-order valence-corrected chi connectivity index (χ0v) is 36.2. The van der Waals surface area contributed by atoms with Gasteiger partial charge in [0.05, 0.1) is 11.0 Å². The van der Waals surface area contributed by atoms with Crippen molar-refractivity contribution in [2.45, 2.75) is 44.9 Å². The van der Waals surface area contributed by atoms with E-state index in [1.165, 1.54) is 96.0 Å². The smallest absolute Gasteiger partial charge is 0.0547 e. The molecule has 0 bridgehead atoms. The van der Waals surface area contributed by atoms with Crippen LogP contribution >= 0.6 is 0 Å². The van der Waals surface area contributed by atoms with Crippen molar-refractivity contribution in [1.82, 2.24) is 4.57 Å². The van der Waals surface area contributed by atoms with Gasteiger partial charge in [-0.05, 0) is 140 Å². The standard InChI is InChI=1S/C61H50N2/c1-42-37-38-61(2,3)60-54(42)24-14-25-55(60)49-20-13-22-53(40-49)63-58-26-11-10-23-56(58)57-36-31-48(41-59(57)63)47-19-12-21-52(39-47)62(50-32-27-45(28-33-50)43-15-6-4-7-16-43)51-34-29-46(30-35-51)44-17-8-5-9-18-44/h4-36,39-42H,37-38H2,1-3H3. The molecule has 1 unspecified atom stereocenters. The molecule has 0 amide bonds. The third-order valence-corrected chi connectivity index (χ3v) is 13.5. The van der Waals surface area contributed by atoms with Gasteiger partial charge in [-0.25, -0.2) is 0 Å². The van der Waals surface area contributed by atoms with Crippen LogP contribution in [0.15, 0.2) is 218 Å².